The first-order chi connectivity index (χ1) is 9.20. The smallest absolute Gasteiger partial charge is 0.364 e. The van der Waals surface area contributed by atoms with Gasteiger partial charge < -0.3 is 10.7 Å². The highest BCUT2D eigenvalue weighted by Gasteiger charge is 2.32. The Morgan fingerprint density at radius 2 is 1.80 bits per heavy atom. The summed E-state index contributed by atoms with van der Waals surface area (Å²) in [4.78, 5) is 17.3. The average Bonchev–Trinajstić information content (AvgIpc) is 2.76. The molecule has 3 N–H and O–H groups in total. The topological polar surface area (TPSA) is 71.8 Å². The third-order valence-corrected chi connectivity index (χ3v) is 3.04. The van der Waals surface area contributed by atoms with Crippen molar-refractivity contribution in [1.82, 2.24) is 9.97 Å². The summed E-state index contributed by atoms with van der Waals surface area (Å²) in [5, 5.41) is -0.481. The summed E-state index contributed by atoms with van der Waals surface area (Å²) in [6, 6.07) is 1.46. The number of benzene rings is 1. The summed E-state index contributed by atoms with van der Waals surface area (Å²) in [7, 11) is 0. The highest BCUT2D eigenvalue weighted by molar-refractivity contribution is 6.39. The molecule has 0 unspecified atom stereocenters. The fourth-order valence-electron chi connectivity index (χ4n) is 1.54. The van der Waals surface area contributed by atoms with Crippen LogP contribution in [0.15, 0.2) is 18.3 Å². The van der Waals surface area contributed by atoms with Crippen LogP contribution in [0, 0.1) is 0 Å². The second-order valence-corrected chi connectivity index (χ2v) is 4.64. The number of H-pyrrole nitrogens is 1. The van der Waals surface area contributed by atoms with E-state index in [2.05, 4.69) is 9.97 Å². The molecule has 2 rings (SSSR count). The molecular weight excluding hydrogens is 318 g/mol. The maximum atomic E-state index is 12.6. The summed E-state index contributed by atoms with van der Waals surface area (Å²) in [5.41, 5.74) is 4.12. The van der Waals surface area contributed by atoms with Crippen LogP contribution in [0.3, 0.4) is 0 Å². The van der Waals surface area contributed by atoms with Crippen LogP contribution in [0.25, 0.3) is 11.4 Å². The molecule has 0 atom stereocenters. The maximum absolute atomic E-state index is 12.6. The van der Waals surface area contributed by atoms with Crippen molar-refractivity contribution < 1.29 is 18.0 Å². The van der Waals surface area contributed by atoms with Gasteiger partial charge in [-0.1, -0.05) is 23.2 Å². The molecule has 0 saturated heterocycles. The fourth-order valence-corrected chi connectivity index (χ4v) is 2.20. The van der Waals surface area contributed by atoms with E-state index in [-0.39, 0.29) is 27.1 Å². The minimum atomic E-state index is -4.56. The van der Waals surface area contributed by atoms with Crippen LogP contribution in [-0.4, -0.2) is 15.9 Å². The lowest BCUT2D eigenvalue weighted by atomic mass is 10.1. The van der Waals surface area contributed by atoms with Gasteiger partial charge in [0.25, 0.3) is 5.91 Å². The van der Waals surface area contributed by atoms with Crippen LogP contribution < -0.4 is 5.73 Å². The van der Waals surface area contributed by atoms with Crippen LogP contribution >= 0.6 is 23.2 Å². The number of aromatic amines is 1. The Hall–Kier alpha value is -1.73. The van der Waals surface area contributed by atoms with Gasteiger partial charge in [0.2, 0.25) is 0 Å². The number of carbonyl (C=O) groups excluding carboxylic acids is 1. The van der Waals surface area contributed by atoms with E-state index in [1.807, 2.05) is 0 Å². The number of halogens is 5. The van der Waals surface area contributed by atoms with Crippen molar-refractivity contribution >= 4 is 29.1 Å². The summed E-state index contributed by atoms with van der Waals surface area (Å²) in [5.74, 6) is -0.703. The quantitative estimate of drug-likeness (QED) is 0.887. The third-order valence-electron chi connectivity index (χ3n) is 2.45. The molecule has 1 aromatic carbocycles. The minimum Gasteiger partial charge on any atom is -0.364 e. The van der Waals surface area contributed by atoms with Crippen molar-refractivity contribution in [1.29, 1.82) is 0 Å². The molecule has 0 fully saturated rings. The van der Waals surface area contributed by atoms with E-state index in [1.54, 1.807) is 0 Å². The Morgan fingerprint density at radius 1 is 1.25 bits per heavy atom. The summed E-state index contributed by atoms with van der Waals surface area (Å²) >= 11 is 11.6. The highest BCUT2D eigenvalue weighted by Crippen LogP contribution is 2.39. The lowest BCUT2D eigenvalue weighted by molar-refractivity contribution is -0.137. The molecule has 0 saturated carbocycles. The zero-order chi connectivity index (χ0) is 15.1. The first kappa shape index (κ1) is 14.7. The molecule has 106 valence electrons. The van der Waals surface area contributed by atoms with E-state index in [4.69, 9.17) is 28.9 Å². The second kappa shape index (κ2) is 4.99. The molecule has 2 aromatic rings. The van der Waals surface area contributed by atoms with Crippen molar-refractivity contribution in [3.05, 3.63) is 39.6 Å². The number of nitrogens with two attached hydrogens (primary N) is 1. The fraction of sp³-hybridized carbons (Fsp3) is 0.0909. The molecule has 0 aliphatic carbocycles. The van der Waals surface area contributed by atoms with Gasteiger partial charge in [-0.25, -0.2) is 4.98 Å². The van der Waals surface area contributed by atoms with Gasteiger partial charge in [0, 0.05) is 0 Å². The number of nitrogens with one attached hydrogen (secondary N) is 1. The largest absolute Gasteiger partial charge is 0.416 e. The number of rotatable bonds is 2. The summed E-state index contributed by atoms with van der Waals surface area (Å²) < 4.78 is 37.8. The molecule has 0 bridgehead atoms. The van der Waals surface area contributed by atoms with E-state index in [1.165, 1.54) is 0 Å². The monoisotopic (exact) mass is 323 g/mol. The van der Waals surface area contributed by atoms with Gasteiger partial charge in [-0.3, -0.25) is 4.79 Å². The molecule has 0 aliphatic rings. The number of carbonyl (C=O) groups is 1. The van der Waals surface area contributed by atoms with E-state index < -0.39 is 17.6 Å². The molecule has 0 radical (unpaired) electrons. The standard InChI is InChI=1S/C11H6Cl2F3N3O/c12-5-1-4(11(14,15)16)2-6(13)8(5)10-18-3-7(19-10)9(17)20/h1-3H,(H2,17,20)(H,18,19). The first-order valence-electron chi connectivity index (χ1n) is 5.11. The van der Waals surface area contributed by atoms with Gasteiger partial charge in [0.05, 0.1) is 27.4 Å². The Labute approximate surface area is 120 Å². The van der Waals surface area contributed by atoms with E-state index >= 15 is 0 Å². The van der Waals surface area contributed by atoms with Gasteiger partial charge in [-0.2, -0.15) is 13.2 Å². The van der Waals surface area contributed by atoms with E-state index in [9.17, 15) is 18.0 Å². The van der Waals surface area contributed by atoms with Crippen molar-refractivity contribution in [2.45, 2.75) is 6.18 Å². The van der Waals surface area contributed by atoms with Gasteiger partial charge in [-0.05, 0) is 12.1 Å². The maximum Gasteiger partial charge on any atom is 0.416 e. The lowest BCUT2D eigenvalue weighted by Crippen LogP contribution is -2.11. The lowest BCUT2D eigenvalue weighted by Gasteiger charge is -2.10. The predicted molar refractivity (Wildman–Crippen MR) is 67.6 cm³/mol. The number of imidazole rings is 1. The van der Waals surface area contributed by atoms with Crippen molar-refractivity contribution in [2.75, 3.05) is 0 Å². The number of alkyl halides is 3. The van der Waals surface area contributed by atoms with Gasteiger partial charge in [-0.15, -0.1) is 0 Å². The average molecular weight is 324 g/mol. The Bertz CT molecular complexity index is 659. The van der Waals surface area contributed by atoms with Crippen molar-refractivity contribution in [3.8, 4) is 11.4 Å². The van der Waals surface area contributed by atoms with Crippen LogP contribution in [-0.2, 0) is 6.18 Å². The van der Waals surface area contributed by atoms with Crippen LogP contribution in [0.4, 0.5) is 13.2 Å². The molecule has 4 nitrogen and oxygen atoms in total. The molecule has 20 heavy (non-hydrogen) atoms. The SMILES string of the molecule is NC(=O)c1cnc(-c2c(Cl)cc(C(F)(F)F)cc2Cl)[nH]1. The number of nitrogens with zero attached hydrogens (tertiary/aromatic N) is 1. The van der Waals surface area contributed by atoms with Crippen LogP contribution in [0.1, 0.15) is 16.1 Å². The predicted octanol–water partition coefficient (Wildman–Crippen LogP) is 3.50. The van der Waals surface area contributed by atoms with Gasteiger partial charge >= 0.3 is 6.18 Å². The van der Waals surface area contributed by atoms with E-state index in [0.717, 1.165) is 18.3 Å². The van der Waals surface area contributed by atoms with Crippen molar-refractivity contribution in [2.24, 2.45) is 5.73 Å². The first-order valence-corrected chi connectivity index (χ1v) is 5.87. The Kier molecular flexibility index (Phi) is 3.66. The number of hydrogen-bond donors (Lipinski definition) is 2. The number of primary amides is 1. The Balaban J connectivity index is 2.55. The summed E-state index contributed by atoms with van der Waals surface area (Å²) in [6.07, 6.45) is -3.42. The van der Waals surface area contributed by atoms with Gasteiger partial charge in [0.1, 0.15) is 11.5 Å². The molecule has 1 aromatic heterocycles. The molecular formula is C11H6Cl2F3N3O. The molecule has 0 spiro atoms. The Morgan fingerprint density at radius 3 is 2.20 bits per heavy atom. The molecule has 1 heterocycles. The number of aromatic nitrogens is 2. The zero-order valence-corrected chi connectivity index (χ0v) is 11.1. The normalized spacial score (nSPS) is 11.7. The number of hydrogen-bond acceptors (Lipinski definition) is 2. The minimum absolute atomic E-state index is 0.00738. The highest BCUT2D eigenvalue weighted by atomic mass is 35.5. The van der Waals surface area contributed by atoms with Crippen molar-refractivity contribution in [3.63, 3.8) is 0 Å². The summed E-state index contributed by atoms with van der Waals surface area (Å²) in [6.45, 7) is 0. The zero-order valence-electron chi connectivity index (χ0n) is 9.55. The molecule has 9 heteroatoms. The molecule has 1 amide bonds. The van der Waals surface area contributed by atoms with Crippen LogP contribution in [0.5, 0.6) is 0 Å². The van der Waals surface area contributed by atoms with Crippen LogP contribution in [0.2, 0.25) is 10.0 Å². The van der Waals surface area contributed by atoms with Gasteiger partial charge in [0.15, 0.2) is 0 Å². The number of amides is 1. The second-order valence-electron chi connectivity index (χ2n) is 3.82. The third kappa shape index (κ3) is 2.73. The molecule has 0 aliphatic heterocycles. The van der Waals surface area contributed by atoms with E-state index in [0.29, 0.717) is 0 Å².